The SMILES string of the molecule is CCOc1cc(C)ccc1NCc1ccc(C2CC2)cc1. The first kappa shape index (κ1) is 14.0. The van der Waals surface area contributed by atoms with Crippen LogP contribution in [-0.2, 0) is 6.54 Å². The third kappa shape index (κ3) is 3.57. The fourth-order valence-electron chi connectivity index (χ4n) is 2.57. The van der Waals surface area contributed by atoms with Crippen LogP contribution in [0.4, 0.5) is 5.69 Å². The molecule has 3 rings (SSSR count). The Morgan fingerprint density at radius 3 is 2.52 bits per heavy atom. The molecule has 0 aromatic heterocycles. The lowest BCUT2D eigenvalue weighted by molar-refractivity contribution is 0.341. The highest BCUT2D eigenvalue weighted by molar-refractivity contribution is 5.58. The highest BCUT2D eigenvalue weighted by Crippen LogP contribution is 2.39. The molecule has 0 heterocycles. The van der Waals surface area contributed by atoms with Crippen LogP contribution in [0.15, 0.2) is 42.5 Å². The second kappa shape index (κ2) is 6.21. The van der Waals surface area contributed by atoms with E-state index in [2.05, 4.69) is 54.7 Å². The molecule has 0 aliphatic heterocycles. The van der Waals surface area contributed by atoms with Crippen molar-refractivity contribution in [2.24, 2.45) is 0 Å². The van der Waals surface area contributed by atoms with Crippen LogP contribution < -0.4 is 10.1 Å². The van der Waals surface area contributed by atoms with Crippen molar-refractivity contribution >= 4 is 5.69 Å². The van der Waals surface area contributed by atoms with Crippen molar-refractivity contribution in [1.82, 2.24) is 0 Å². The predicted molar refractivity (Wildman–Crippen MR) is 88.1 cm³/mol. The summed E-state index contributed by atoms with van der Waals surface area (Å²) in [4.78, 5) is 0. The molecule has 2 aromatic rings. The molecule has 2 aromatic carbocycles. The average Bonchev–Trinajstić information content (AvgIpc) is 3.32. The molecular formula is C19H23NO. The second-order valence-electron chi connectivity index (χ2n) is 5.80. The zero-order valence-electron chi connectivity index (χ0n) is 12.9. The molecule has 21 heavy (non-hydrogen) atoms. The molecule has 0 unspecified atom stereocenters. The summed E-state index contributed by atoms with van der Waals surface area (Å²) in [6, 6.07) is 15.3. The summed E-state index contributed by atoms with van der Waals surface area (Å²) in [6.07, 6.45) is 2.72. The number of hydrogen-bond acceptors (Lipinski definition) is 2. The van der Waals surface area contributed by atoms with Gasteiger partial charge in [-0.2, -0.15) is 0 Å². The maximum Gasteiger partial charge on any atom is 0.142 e. The summed E-state index contributed by atoms with van der Waals surface area (Å²) in [5.74, 6) is 1.76. The van der Waals surface area contributed by atoms with Gasteiger partial charge >= 0.3 is 0 Å². The normalized spacial score (nSPS) is 14.0. The summed E-state index contributed by atoms with van der Waals surface area (Å²) >= 11 is 0. The van der Waals surface area contributed by atoms with Crippen molar-refractivity contribution in [1.29, 1.82) is 0 Å². The lowest BCUT2D eigenvalue weighted by Crippen LogP contribution is -2.03. The molecule has 0 bridgehead atoms. The molecule has 2 nitrogen and oxygen atoms in total. The molecule has 0 amide bonds. The van der Waals surface area contributed by atoms with Crippen LogP contribution in [0.5, 0.6) is 5.75 Å². The van der Waals surface area contributed by atoms with E-state index in [1.807, 2.05) is 6.92 Å². The monoisotopic (exact) mass is 281 g/mol. The molecule has 0 radical (unpaired) electrons. The maximum absolute atomic E-state index is 5.70. The lowest BCUT2D eigenvalue weighted by Gasteiger charge is -2.13. The maximum atomic E-state index is 5.70. The molecule has 1 N–H and O–H groups in total. The molecular weight excluding hydrogens is 258 g/mol. The smallest absolute Gasteiger partial charge is 0.142 e. The van der Waals surface area contributed by atoms with Crippen LogP contribution >= 0.6 is 0 Å². The van der Waals surface area contributed by atoms with E-state index in [1.54, 1.807) is 0 Å². The van der Waals surface area contributed by atoms with Gasteiger partial charge in [-0.25, -0.2) is 0 Å². The van der Waals surface area contributed by atoms with Crippen molar-refractivity contribution in [2.75, 3.05) is 11.9 Å². The van der Waals surface area contributed by atoms with Crippen molar-refractivity contribution < 1.29 is 4.74 Å². The van der Waals surface area contributed by atoms with Gasteiger partial charge in [0.15, 0.2) is 0 Å². The number of rotatable bonds is 6. The molecule has 0 saturated heterocycles. The second-order valence-corrected chi connectivity index (χ2v) is 5.80. The fraction of sp³-hybridized carbons (Fsp3) is 0.368. The summed E-state index contributed by atoms with van der Waals surface area (Å²) in [5, 5.41) is 3.48. The fourth-order valence-corrected chi connectivity index (χ4v) is 2.57. The number of hydrogen-bond donors (Lipinski definition) is 1. The van der Waals surface area contributed by atoms with Gasteiger partial charge in [0.2, 0.25) is 0 Å². The van der Waals surface area contributed by atoms with E-state index in [9.17, 15) is 0 Å². The summed E-state index contributed by atoms with van der Waals surface area (Å²) in [7, 11) is 0. The topological polar surface area (TPSA) is 21.3 Å². The molecule has 0 spiro atoms. The van der Waals surface area contributed by atoms with Gasteiger partial charge in [-0.15, -0.1) is 0 Å². The third-order valence-electron chi connectivity index (χ3n) is 3.95. The van der Waals surface area contributed by atoms with Gasteiger partial charge in [-0.05, 0) is 61.4 Å². The predicted octanol–water partition coefficient (Wildman–Crippen LogP) is 4.88. The van der Waals surface area contributed by atoms with Crippen LogP contribution in [0.3, 0.4) is 0 Å². The Bertz CT molecular complexity index is 599. The van der Waals surface area contributed by atoms with Crippen LogP contribution in [0.2, 0.25) is 0 Å². The minimum absolute atomic E-state index is 0.689. The molecule has 110 valence electrons. The van der Waals surface area contributed by atoms with Crippen molar-refractivity contribution in [3.63, 3.8) is 0 Å². The quantitative estimate of drug-likeness (QED) is 0.814. The number of anilines is 1. The minimum atomic E-state index is 0.689. The van der Waals surface area contributed by atoms with Crippen LogP contribution in [-0.4, -0.2) is 6.61 Å². The average molecular weight is 281 g/mol. The van der Waals surface area contributed by atoms with E-state index >= 15 is 0 Å². The van der Waals surface area contributed by atoms with Gasteiger partial charge < -0.3 is 10.1 Å². The van der Waals surface area contributed by atoms with Gasteiger partial charge in [0.25, 0.3) is 0 Å². The molecule has 1 fully saturated rings. The first-order valence-electron chi connectivity index (χ1n) is 7.82. The Kier molecular flexibility index (Phi) is 4.14. The lowest BCUT2D eigenvalue weighted by atomic mass is 10.1. The molecule has 2 heteroatoms. The van der Waals surface area contributed by atoms with Gasteiger partial charge in [-0.1, -0.05) is 30.3 Å². The van der Waals surface area contributed by atoms with Crippen molar-refractivity contribution in [3.05, 3.63) is 59.2 Å². The Morgan fingerprint density at radius 1 is 1.10 bits per heavy atom. The van der Waals surface area contributed by atoms with E-state index in [1.165, 1.54) is 29.5 Å². The zero-order valence-corrected chi connectivity index (χ0v) is 12.9. The molecule has 1 saturated carbocycles. The van der Waals surface area contributed by atoms with E-state index in [-0.39, 0.29) is 0 Å². The van der Waals surface area contributed by atoms with Crippen LogP contribution in [0.1, 0.15) is 42.4 Å². The van der Waals surface area contributed by atoms with Crippen molar-refractivity contribution in [3.8, 4) is 5.75 Å². The van der Waals surface area contributed by atoms with Gasteiger partial charge in [0, 0.05) is 6.54 Å². The van der Waals surface area contributed by atoms with E-state index in [0.717, 1.165) is 23.9 Å². The van der Waals surface area contributed by atoms with Gasteiger partial charge in [0.1, 0.15) is 5.75 Å². The van der Waals surface area contributed by atoms with Crippen molar-refractivity contribution in [2.45, 2.75) is 39.2 Å². The van der Waals surface area contributed by atoms with E-state index in [0.29, 0.717) is 6.61 Å². The van der Waals surface area contributed by atoms with E-state index < -0.39 is 0 Å². The molecule has 0 atom stereocenters. The van der Waals surface area contributed by atoms with E-state index in [4.69, 9.17) is 4.74 Å². The number of nitrogens with one attached hydrogen (secondary N) is 1. The highest BCUT2D eigenvalue weighted by Gasteiger charge is 2.22. The highest BCUT2D eigenvalue weighted by atomic mass is 16.5. The first-order chi connectivity index (χ1) is 10.3. The zero-order chi connectivity index (χ0) is 14.7. The Hall–Kier alpha value is -1.96. The van der Waals surface area contributed by atoms with Gasteiger partial charge in [0.05, 0.1) is 12.3 Å². The minimum Gasteiger partial charge on any atom is -0.492 e. The Labute approximate surface area is 127 Å². The summed E-state index contributed by atoms with van der Waals surface area (Å²) in [5.41, 5.74) is 5.08. The Morgan fingerprint density at radius 2 is 1.86 bits per heavy atom. The number of ether oxygens (including phenoxy) is 1. The summed E-state index contributed by atoms with van der Waals surface area (Å²) in [6.45, 7) is 5.62. The number of benzene rings is 2. The van der Waals surface area contributed by atoms with Crippen LogP contribution in [0.25, 0.3) is 0 Å². The third-order valence-corrected chi connectivity index (χ3v) is 3.95. The van der Waals surface area contributed by atoms with Crippen LogP contribution in [0, 0.1) is 6.92 Å². The number of aryl methyl sites for hydroxylation is 1. The standard InChI is InChI=1S/C19H23NO/c1-3-21-19-12-14(2)4-11-18(19)20-13-15-5-7-16(8-6-15)17-9-10-17/h4-8,11-12,17,20H,3,9-10,13H2,1-2H3. The molecule has 1 aliphatic carbocycles. The first-order valence-corrected chi connectivity index (χ1v) is 7.82. The van der Waals surface area contributed by atoms with Gasteiger partial charge in [-0.3, -0.25) is 0 Å². The largest absolute Gasteiger partial charge is 0.492 e. The Balaban J connectivity index is 1.66. The molecule has 1 aliphatic rings. The summed E-state index contributed by atoms with van der Waals surface area (Å²) < 4.78 is 5.70.